The number of nitrogens with one attached hydrogen (secondary N) is 1. The van der Waals surface area contributed by atoms with E-state index in [1.807, 2.05) is 0 Å². The Morgan fingerprint density at radius 1 is 1.15 bits per heavy atom. The zero-order valence-electron chi connectivity index (χ0n) is 13.8. The number of benzene rings is 2. The van der Waals surface area contributed by atoms with E-state index in [2.05, 4.69) is 15.3 Å². The van der Waals surface area contributed by atoms with Crippen LogP contribution in [0.3, 0.4) is 0 Å². The van der Waals surface area contributed by atoms with Gasteiger partial charge in [0.05, 0.1) is 11.4 Å². The minimum Gasteiger partial charge on any atom is -0.504 e. The van der Waals surface area contributed by atoms with E-state index in [9.17, 15) is 18.3 Å². The first-order chi connectivity index (χ1) is 12.7. The Bertz CT molecular complexity index is 1200. The first kappa shape index (κ1) is 18.8. The van der Waals surface area contributed by atoms with Gasteiger partial charge in [0, 0.05) is 5.02 Å². The van der Waals surface area contributed by atoms with Crippen LogP contribution in [0.25, 0.3) is 5.69 Å². The van der Waals surface area contributed by atoms with Gasteiger partial charge in [0.25, 0.3) is 15.7 Å². The van der Waals surface area contributed by atoms with Gasteiger partial charge in [-0.05, 0) is 31.2 Å². The number of phenolic OH excluding ortho intramolecular Hbond substituents is 1. The molecule has 0 saturated carbocycles. The fourth-order valence-electron chi connectivity index (χ4n) is 2.35. The van der Waals surface area contributed by atoms with Crippen molar-refractivity contribution >= 4 is 33.1 Å². The van der Waals surface area contributed by atoms with Gasteiger partial charge >= 0.3 is 0 Å². The van der Waals surface area contributed by atoms with E-state index in [4.69, 9.17) is 16.2 Å². The smallest absolute Gasteiger partial charge is 0.299 e. The van der Waals surface area contributed by atoms with Crippen molar-refractivity contribution in [2.24, 2.45) is 10.2 Å². The molecular formula is C16H13ClN4O5S. The monoisotopic (exact) mass is 408 g/mol. The van der Waals surface area contributed by atoms with Crippen LogP contribution in [0, 0.1) is 6.92 Å². The highest BCUT2D eigenvalue weighted by Gasteiger charge is 2.20. The Balaban J connectivity index is 2.07. The Morgan fingerprint density at radius 3 is 2.44 bits per heavy atom. The molecule has 1 heterocycles. The predicted octanol–water partition coefficient (Wildman–Crippen LogP) is 3.50. The molecule has 0 spiro atoms. The average molecular weight is 409 g/mol. The minimum atomic E-state index is -4.72. The number of halogens is 1. The van der Waals surface area contributed by atoms with E-state index in [0.29, 0.717) is 11.4 Å². The van der Waals surface area contributed by atoms with Crippen molar-refractivity contribution in [2.45, 2.75) is 11.8 Å². The molecule has 0 bridgehead atoms. The molecule has 9 nitrogen and oxygen atoms in total. The quantitative estimate of drug-likeness (QED) is 0.448. The van der Waals surface area contributed by atoms with E-state index < -0.39 is 26.3 Å². The maximum atomic E-state index is 12.5. The number of aromatic hydroxyl groups is 1. The van der Waals surface area contributed by atoms with Gasteiger partial charge in [0.2, 0.25) is 0 Å². The van der Waals surface area contributed by atoms with Gasteiger partial charge in [0.1, 0.15) is 10.6 Å². The molecule has 0 saturated heterocycles. The number of hydrogen-bond acceptors (Lipinski definition) is 6. The number of aromatic nitrogens is 2. The van der Waals surface area contributed by atoms with E-state index in [0.717, 1.165) is 12.1 Å². The van der Waals surface area contributed by atoms with Crippen molar-refractivity contribution in [1.82, 2.24) is 9.78 Å². The summed E-state index contributed by atoms with van der Waals surface area (Å²) in [7, 11) is -4.72. The lowest BCUT2D eigenvalue weighted by atomic mass is 10.3. The van der Waals surface area contributed by atoms with Crippen LogP contribution < -0.4 is 5.56 Å². The van der Waals surface area contributed by atoms with Crippen molar-refractivity contribution < 1.29 is 18.1 Å². The standard InChI is InChI=1S/C16H13ClN4O5S/c1-9-14(16(23)21(20-9)11-5-3-2-4-6-11)19-18-12-7-10(17)8-13(15(12)22)27(24,25)26/h2-8,20,22H,1H3,(H,24,25,26). The largest absolute Gasteiger partial charge is 0.504 e. The number of para-hydroxylation sites is 1. The molecule has 0 aliphatic heterocycles. The summed E-state index contributed by atoms with van der Waals surface area (Å²) in [4.78, 5) is 11.7. The molecule has 0 atom stereocenters. The van der Waals surface area contributed by atoms with Gasteiger partial charge < -0.3 is 5.11 Å². The summed E-state index contributed by atoms with van der Waals surface area (Å²) in [5.74, 6) is -0.831. The fraction of sp³-hybridized carbons (Fsp3) is 0.0625. The second-order valence-corrected chi connectivity index (χ2v) is 7.33. The van der Waals surface area contributed by atoms with Gasteiger partial charge in [-0.25, -0.2) is 4.68 Å². The molecule has 0 unspecified atom stereocenters. The maximum Gasteiger partial charge on any atom is 0.299 e. The molecule has 3 aromatic rings. The van der Waals surface area contributed by atoms with Gasteiger partial charge in [0.15, 0.2) is 11.4 Å². The fourth-order valence-corrected chi connectivity index (χ4v) is 3.25. The first-order valence-corrected chi connectivity index (χ1v) is 9.29. The predicted molar refractivity (Wildman–Crippen MR) is 98.2 cm³/mol. The summed E-state index contributed by atoms with van der Waals surface area (Å²) in [5, 5.41) is 20.3. The third-order valence-electron chi connectivity index (χ3n) is 3.61. The van der Waals surface area contributed by atoms with Crippen molar-refractivity contribution in [3.8, 4) is 11.4 Å². The topological polar surface area (TPSA) is 137 Å². The third-order valence-corrected chi connectivity index (χ3v) is 4.70. The van der Waals surface area contributed by atoms with Crippen LogP contribution in [0.4, 0.5) is 11.4 Å². The van der Waals surface area contributed by atoms with E-state index in [1.54, 1.807) is 37.3 Å². The van der Waals surface area contributed by atoms with Gasteiger partial charge in [-0.1, -0.05) is 29.8 Å². The normalized spacial score (nSPS) is 12.0. The molecule has 0 aliphatic carbocycles. The minimum absolute atomic E-state index is 0.0355. The Hall–Kier alpha value is -2.95. The highest BCUT2D eigenvalue weighted by molar-refractivity contribution is 7.86. The molecule has 140 valence electrons. The van der Waals surface area contributed by atoms with E-state index in [1.165, 1.54) is 4.68 Å². The number of azo groups is 1. The highest BCUT2D eigenvalue weighted by Crippen LogP contribution is 2.37. The molecule has 2 aromatic carbocycles. The lowest BCUT2D eigenvalue weighted by molar-refractivity contribution is 0.444. The van der Waals surface area contributed by atoms with Crippen LogP contribution >= 0.6 is 11.6 Å². The number of nitrogens with zero attached hydrogens (tertiary/aromatic N) is 3. The number of hydrogen-bond donors (Lipinski definition) is 3. The maximum absolute atomic E-state index is 12.5. The number of aromatic amines is 1. The first-order valence-electron chi connectivity index (χ1n) is 7.47. The van der Waals surface area contributed by atoms with Crippen molar-refractivity contribution in [3.63, 3.8) is 0 Å². The second-order valence-electron chi connectivity index (χ2n) is 5.51. The SMILES string of the molecule is Cc1[nH]n(-c2ccccc2)c(=O)c1N=Nc1cc(Cl)cc(S(=O)(=O)O)c1O. The average Bonchev–Trinajstić information content (AvgIpc) is 2.89. The Labute approximate surface area is 158 Å². The summed E-state index contributed by atoms with van der Waals surface area (Å²) in [6.45, 7) is 1.61. The number of rotatable bonds is 4. The summed E-state index contributed by atoms with van der Waals surface area (Å²) in [5.41, 5.74) is 0.155. The van der Waals surface area contributed by atoms with Crippen LogP contribution in [0.1, 0.15) is 5.69 Å². The summed E-state index contributed by atoms with van der Waals surface area (Å²) < 4.78 is 33.0. The van der Waals surface area contributed by atoms with Crippen molar-refractivity contribution in [3.05, 3.63) is 63.5 Å². The molecule has 0 fully saturated rings. The van der Waals surface area contributed by atoms with Crippen LogP contribution in [0.5, 0.6) is 5.75 Å². The van der Waals surface area contributed by atoms with Crippen molar-refractivity contribution in [2.75, 3.05) is 0 Å². The third kappa shape index (κ3) is 3.77. The molecule has 1 aromatic heterocycles. The van der Waals surface area contributed by atoms with Crippen LogP contribution in [0.15, 0.2) is 62.4 Å². The van der Waals surface area contributed by atoms with Gasteiger partial charge in [-0.2, -0.15) is 8.42 Å². The van der Waals surface area contributed by atoms with E-state index in [-0.39, 0.29) is 16.4 Å². The lowest BCUT2D eigenvalue weighted by Crippen LogP contribution is -2.13. The van der Waals surface area contributed by atoms with Crippen molar-refractivity contribution in [1.29, 1.82) is 0 Å². The van der Waals surface area contributed by atoms with Gasteiger partial charge in [-0.3, -0.25) is 14.4 Å². The number of aryl methyl sites for hydroxylation is 1. The Kier molecular flexibility index (Phi) is 4.87. The second kappa shape index (κ2) is 6.99. The summed E-state index contributed by atoms with van der Waals surface area (Å²) in [6.07, 6.45) is 0. The lowest BCUT2D eigenvalue weighted by Gasteiger charge is -2.04. The zero-order chi connectivity index (χ0) is 19.8. The Morgan fingerprint density at radius 2 is 1.81 bits per heavy atom. The molecule has 11 heteroatoms. The molecule has 0 amide bonds. The molecule has 0 radical (unpaired) electrons. The van der Waals surface area contributed by atoms with Crippen LogP contribution in [-0.2, 0) is 10.1 Å². The zero-order valence-corrected chi connectivity index (χ0v) is 15.4. The highest BCUT2D eigenvalue weighted by atomic mass is 35.5. The summed E-state index contributed by atoms with van der Waals surface area (Å²) in [6, 6.07) is 10.8. The number of H-pyrrole nitrogens is 1. The summed E-state index contributed by atoms with van der Waals surface area (Å²) >= 11 is 5.80. The van der Waals surface area contributed by atoms with Crippen LogP contribution in [0.2, 0.25) is 5.02 Å². The number of phenols is 1. The molecule has 3 rings (SSSR count). The molecular weight excluding hydrogens is 396 g/mol. The molecule has 3 N–H and O–H groups in total. The molecule has 27 heavy (non-hydrogen) atoms. The van der Waals surface area contributed by atoms with E-state index >= 15 is 0 Å². The van der Waals surface area contributed by atoms with Gasteiger partial charge in [-0.15, -0.1) is 10.2 Å². The molecule has 0 aliphatic rings. The van der Waals surface area contributed by atoms with Crippen LogP contribution in [-0.4, -0.2) is 27.9 Å².